The molecule has 4 aromatic rings. The van der Waals surface area contributed by atoms with Gasteiger partial charge in [0.05, 0.1) is 25.5 Å². The third-order valence-electron chi connectivity index (χ3n) is 5.29. The molecule has 0 bridgehead atoms. The van der Waals surface area contributed by atoms with Crippen LogP contribution in [-0.2, 0) is 12.8 Å². The lowest BCUT2D eigenvalue weighted by atomic mass is 10.0. The fourth-order valence-corrected chi connectivity index (χ4v) is 3.72. The SMILES string of the molecule is COc1ccc(CCNc2c(Cc3ccccc3)c(=O)oc3ccccc23)cc1OC. The van der Waals surface area contributed by atoms with Gasteiger partial charge in [-0.15, -0.1) is 0 Å². The zero-order chi connectivity index (χ0) is 21.6. The maximum absolute atomic E-state index is 12.8. The summed E-state index contributed by atoms with van der Waals surface area (Å²) in [6, 6.07) is 23.5. The van der Waals surface area contributed by atoms with Crippen molar-refractivity contribution >= 4 is 16.7 Å². The molecule has 0 amide bonds. The molecular formula is C26H25NO4. The normalized spacial score (nSPS) is 10.8. The molecule has 1 aromatic heterocycles. The Kier molecular flexibility index (Phi) is 6.22. The minimum absolute atomic E-state index is 0.309. The summed E-state index contributed by atoms with van der Waals surface area (Å²) in [7, 11) is 3.25. The van der Waals surface area contributed by atoms with E-state index in [1.807, 2.05) is 72.8 Å². The van der Waals surface area contributed by atoms with Gasteiger partial charge in [0.25, 0.3) is 0 Å². The van der Waals surface area contributed by atoms with Crippen LogP contribution in [0.25, 0.3) is 11.0 Å². The van der Waals surface area contributed by atoms with Crippen LogP contribution < -0.4 is 20.4 Å². The molecule has 0 atom stereocenters. The van der Waals surface area contributed by atoms with Crippen molar-refractivity contribution in [3.05, 3.63) is 99.9 Å². The van der Waals surface area contributed by atoms with Crippen molar-refractivity contribution in [3.63, 3.8) is 0 Å². The Morgan fingerprint density at radius 1 is 0.839 bits per heavy atom. The quantitative estimate of drug-likeness (QED) is 0.408. The molecule has 0 saturated heterocycles. The van der Waals surface area contributed by atoms with Crippen LogP contribution in [0.5, 0.6) is 11.5 Å². The van der Waals surface area contributed by atoms with E-state index in [2.05, 4.69) is 5.32 Å². The number of hydrogen-bond donors (Lipinski definition) is 1. The zero-order valence-corrected chi connectivity index (χ0v) is 17.7. The maximum Gasteiger partial charge on any atom is 0.341 e. The van der Waals surface area contributed by atoms with Crippen LogP contribution in [0, 0.1) is 0 Å². The van der Waals surface area contributed by atoms with Crippen molar-refractivity contribution in [2.75, 3.05) is 26.1 Å². The van der Waals surface area contributed by atoms with Gasteiger partial charge in [0, 0.05) is 18.4 Å². The number of methoxy groups -OCH3 is 2. The lowest BCUT2D eigenvalue weighted by Gasteiger charge is -2.15. The van der Waals surface area contributed by atoms with Gasteiger partial charge in [-0.25, -0.2) is 4.79 Å². The van der Waals surface area contributed by atoms with E-state index in [4.69, 9.17) is 13.9 Å². The van der Waals surface area contributed by atoms with Crippen LogP contribution in [0.2, 0.25) is 0 Å². The van der Waals surface area contributed by atoms with Crippen molar-refractivity contribution < 1.29 is 13.9 Å². The van der Waals surface area contributed by atoms with Crippen molar-refractivity contribution in [1.82, 2.24) is 0 Å². The van der Waals surface area contributed by atoms with Crippen molar-refractivity contribution in [1.29, 1.82) is 0 Å². The first kappa shape index (κ1) is 20.5. The lowest BCUT2D eigenvalue weighted by molar-refractivity contribution is 0.354. The summed E-state index contributed by atoms with van der Waals surface area (Å²) in [6.45, 7) is 0.657. The average molecular weight is 415 g/mol. The van der Waals surface area contributed by atoms with Crippen LogP contribution >= 0.6 is 0 Å². The molecule has 0 saturated carbocycles. The van der Waals surface area contributed by atoms with E-state index >= 15 is 0 Å². The molecule has 0 aliphatic heterocycles. The minimum Gasteiger partial charge on any atom is -0.493 e. The number of hydrogen-bond acceptors (Lipinski definition) is 5. The smallest absolute Gasteiger partial charge is 0.341 e. The standard InChI is InChI=1S/C26H25NO4/c1-29-23-13-12-19(17-24(23)30-2)14-15-27-25-20-10-6-7-11-22(20)31-26(28)21(25)16-18-8-4-3-5-9-18/h3-13,17,27H,14-16H2,1-2H3. The molecule has 4 rings (SSSR count). The molecule has 1 N–H and O–H groups in total. The third-order valence-corrected chi connectivity index (χ3v) is 5.29. The van der Waals surface area contributed by atoms with Gasteiger partial charge in [0.15, 0.2) is 11.5 Å². The number of benzene rings is 3. The summed E-state index contributed by atoms with van der Waals surface area (Å²) in [5, 5.41) is 4.40. The first-order valence-corrected chi connectivity index (χ1v) is 10.2. The maximum atomic E-state index is 12.8. The molecule has 0 fully saturated rings. The van der Waals surface area contributed by atoms with Gasteiger partial charge >= 0.3 is 5.63 Å². The van der Waals surface area contributed by atoms with E-state index in [0.29, 0.717) is 35.6 Å². The Labute approximate surface area is 181 Å². The Bertz CT molecular complexity index is 1230. The number of nitrogens with one attached hydrogen (secondary N) is 1. The second kappa shape index (κ2) is 9.39. The molecular weight excluding hydrogens is 390 g/mol. The monoisotopic (exact) mass is 415 g/mol. The Morgan fingerprint density at radius 3 is 2.35 bits per heavy atom. The van der Waals surface area contributed by atoms with Crippen molar-refractivity contribution in [2.24, 2.45) is 0 Å². The number of para-hydroxylation sites is 1. The van der Waals surface area contributed by atoms with Crippen LogP contribution in [0.15, 0.2) is 82.0 Å². The summed E-state index contributed by atoms with van der Waals surface area (Å²) in [5.74, 6) is 1.41. The van der Waals surface area contributed by atoms with Crippen LogP contribution in [-0.4, -0.2) is 20.8 Å². The fourth-order valence-electron chi connectivity index (χ4n) is 3.72. The molecule has 158 valence electrons. The molecule has 31 heavy (non-hydrogen) atoms. The van der Waals surface area contributed by atoms with E-state index in [-0.39, 0.29) is 5.63 Å². The molecule has 0 radical (unpaired) electrons. The molecule has 0 spiro atoms. The minimum atomic E-state index is -0.309. The summed E-state index contributed by atoms with van der Waals surface area (Å²) < 4.78 is 16.3. The fraction of sp³-hybridized carbons (Fsp3) is 0.192. The number of ether oxygens (including phenoxy) is 2. The first-order chi connectivity index (χ1) is 15.2. The van der Waals surface area contributed by atoms with Gasteiger partial charge in [-0.05, 0) is 41.8 Å². The van der Waals surface area contributed by atoms with Crippen molar-refractivity contribution in [2.45, 2.75) is 12.8 Å². The highest BCUT2D eigenvalue weighted by molar-refractivity contribution is 5.91. The van der Waals surface area contributed by atoms with Gasteiger partial charge < -0.3 is 19.2 Å². The van der Waals surface area contributed by atoms with E-state index in [9.17, 15) is 4.79 Å². The van der Waals surface area contributed by atoms with Gasteiger partial charge in [0.2, 0.25) is 0 Å². The van der Waals surface area contributed by atoms with E-state index in [1.165, 1.54) is 0 Å². The summed E-state index contributed by atoms with van der Waals surface area (Å²) in [6.07, 6.45) is 1.27. The second-order valence-corrected chi connectivity index (χ2v) is 7.27. The van der Waals surface area contributed by atoms with Crippen LogP contribution in [0.4, 0.5) is 5.69 Å². The van der Waals surface area contributed by atoms with Crippen LogP contribution in [0.1, 0.15) is 16.7 Å². The highest BCUT2D eigenvalue weighted by atomic mass is 16.5. The predicted octanol–water partition coefficient (Wildman–Crippen LogP) is 5.06. The molecule has 3 aromatic carbocycles. The number of anilines is 1. The second-order valence-electron chi connectivity index (χ2n) is 7.27. The van der Waals surface area contributed by atoms with Gasteiger partial charge in [-0.1, -0.05) is 48.5 Å². The zero-order valence-electron chi connectivity index (χ0n) is 17.7. The Morgan fingerprint density at radius 2 is 1.58 bits per heavy atom. The molecule has 0 aliphatic carbocycles. The Balaban J connectivity index is 1.63. The highest BCUT2D eigenvalue weighted by Gasteiger charge is 2.15. The largest absolute Gasteiger partial charge is 0.493 e. The lowest BCUT2D eigenvalue weighted by Crippen LogP contribution is -2.15. The third kappa shape index (κ3) is 4.56. The highest BCUT2D eigenvalue weighted by Crippen LogP contribution is 2.29. The molecule has 5 nitrogen and oxygen atoms in total. The Hall–Kier alpha value is -3.73. The van der Waals surface area contributed by atoms with Crippen molar-refractivity contribution in [3.8, 4) is 11.5 Å². The average Bonchev–Trinajstić information content (AvgIpc) is 2.81. The first-order valence-electron chi connectivity index (χ1n) is 10.2. The van der Waals surface area contributed by atoms with Crippen LogP contribution in [0.3, 0.4) is 0 Å². The molecule has 0 aliphatic rings. The molecule has 0 unspecified atom stereocenters. The van der Waals surface area contributed by atoms with E-state index in [1.54, 1.807) is 14.2 Å². The van der Waals surface area contributed by atoms with Gasteiger partial charge in [-0.2, -0.15) is 0 Å². The summed E-state index contributed by atoms with van der Waals surface area (Å²) in [4.78, 5) is 12.8. The predicted molar refractivity (Wildman–Crippen MR) is 123 cm³/mol. The summed E-state index contributed by atoms with van der Waals surface area (Å²) >= 11 is 0. The molecule has 5 heteroatoms. The summed E-state index contributed by atoms with van der Waals surface area (Å²) in [5.41, 5.74) is 3.91. The topological polar surface area (TPSA) is 60.7 Å². The molecule has 1 heterocycles. The van der Waals surface area contributed by atoms with E-state index < -0.39 is 0 Å². The van der Waals surface area contributed by atoms with Gasteiger partial charge in [-0.3, -0.25) is 0 Å². The van der Waals surface area contributed by atoms with Gasteiger partial charge in [0.1, 0.15) is 5.58 Å². The number of fused-ring (bicyclic) bond motifs is 1. The number of rotatable bonds is 8. The van der Waals surface area contributed by atoms with E-state index in [0.717, 1.165) is 28.6 Å².